The Labute approximate surface area is 142 Å². The quantitative estimate of drug-likeness (QED) is 0.790. The number of fused-ring (bicyclic) bond motifs is 1. The van der Waals surface area contributed by atoms with Gasteiger partial charge >= 0.3 is 11.7 Å². The van der Waals surface area contributed by atoms with E-state index in [1.807, 2.05) is 6.92 Å². The number of hydrogen-bond donors (Lipinski definition) is 3. The van der Waals surface area contributed by atoms with Crippen LogP contribution in [0.2, 0.25) is 5.02 Å². The van der Waals surface area contributed by atoms with Crippen LogP contribution < -0.4 is 21.9 Å². The number of amides is 2. The van der Waals surface area contributed by atoms with Crippen LogP contribution in [0, 0.1) is 0 Å². The predicted molar refractivity (Wildman–Crippen MR) is 91.7 cm³/mol. The van der Waals surface area contributed by atoms with Gasteiger partial charge in [-0.2, -0.15) is 0 Å². The van der Waals surface area contributed by atoms with Gasteiger partial charge in [0.1, 0.15) is 5.82 Å². The summed E-state index contributed by atoms with van der Waals surface area (Å²) in [6.07, 6.45) is 1.62. The molecule has 1 aliphatic rings. The fourth-order valence-electron chi connectivity index (χ4n) is 2.81. The number of H-pyrrole nitrogens is 1. The molecule has 0 saturated carbocycles. The third kappa shape index (κ3) is 2.82. The fourth-order valence-corrected chi connectivity index (χ4v) is 3.05. The Morgan fingerprint density at radius 2 is 1.96 bits per heavy atom. The van der Waals surface area contributed by atoms with E-state index in [-0.39, 0.29) is 11.4 Å². The van der Waals surface area contributed by atoms with Gasteiger partial charge in [-0.25, -0.2) is 9.59 Å². The number of carbonyl (C=O) groups is 1. The molecule has 0 bridgehead atoms. The molecule has 24 heavy (non-hydrogen) atoms. The molecule has 0 fully saturated rings. The van der Waals surface area contributed by atoms with Gasteiger partial charge in [-0.3, -0.25) is 19.7 Å². The smallest absolute Gasteiger partial charge is 0.327 e. The highest BCUT2D eigenvalue weighted by Crippen LogP contribution is 2.32. The summed E-state index contributed by atoms with van der Waals surface area (Å²) >= 11 is 6.23. The van der Waals surface area contributed by atoms with Crippen molar-refractivity contribution in [3.05, 3.63) is 61.3 Å². The van der Waals surface area contributed by atoms with Gasteiger partial charge in [0.25, 0.3) is 5.56 Å². The molecule has 0 radical (unpaired) electrons. The third-order valence-corrected chi connectivity index (χ3v) is 4.33. The molecular formula is C16H17ClN4O3. The monoisotopic (exact) mass is 348 g/mol. The SMILES string of the molecule is CCCCn1c2c(c(=O)[nH]c1=O)[C@@H](c1ccccc1Cl)NC(=O)N2. The standard InChI is InChI=1S/C16H17ClN4O3/c1-2-3-8-21-13-11(14(22)20-16(21)24)12(18-15(23)19-13)9-6-4-5-7-10(9)17/h4-7,12H,2-3,8H2,1H3,(H2,18,19,23)(H,20,22,24)/t12-/m1/s1. The normalized spacial score (nSPS) is 16.2. The van der Waals surface area contributed by atoms with Crippen LogP contribution in [0.4, 0.5) is 10.6 Å². The zero-order chi connectivity index (χ0) is 17.3. The van der Waals surface area contributed by atoms with Gasteiger partial charge in [-0.1, -0.05) is 43.1 Å². The topological polar surface area (TPSA) is 96.0 Å². The van der Waals surface area contributed by atoms with Crippen molar-refractivity contribution in [2.75, 3.05) is 5.32 Å². The molecular weight excluding hydrogens is 332 g/mol. The molecule has 2 aromatic rings. The van der Waals surface area contributed by atoms with E-state index in [4.69, 9.17) is 11.6 Å². The largest absolute Gasteiger partial charge is 0.329 e. The van der Waals surface area contributed by atoms with Crippen LogP contribution in [-0.4, -0.2) is 15.6 Å². The second-order valence-electron chi connectivity index (χ2n) is 5.58. The summed E-state index contributed by atoms with van der Waals surface area (Å²) in [5, 5.41) is 5.72. The molecule has 2 heterocycles. The van der Waals surface area contributed by atoms with Gasteiger partial charge in [0, 0.05) is 11.6 Å². The lowest BCUT2D eigenvalue weighted by Gasteiger charge is -2.29. The number of aromatic nitrogens is 2. The first-order valence-electron chi connectivity index (χ1n) is 7.72. The molecule has 3 N–H and O–H groups in total. The Morgan fingerprint density at radius 1 is 1.21 bits per heavy atom. The number of urea groups is 1. The van der Waals surface area contributed by atoms with Crippen molar-refractivity contribution in [1.29, 1.82) is 0 Å². The lowest BCUT2D eigenvalue weighted by atomic mass is 9.98. The summed E-state index contributed by atoms with van der Waals surface area (Å²) in [7, 11) is 0. The average Bonchev–Trinajstić information content (AvgIpc) is 2.54. The van der Waals surface area contributed by atoms with E-state index in [1.54, 1.807) is 24.3 Å². The van der Waals surface area contributed by atoms with Crippen LogP contribution in [0.1, 0.15) is 36.9 Å². The molecule has 0 aliphatic carbocycles. The number of halogens is 1. The fraction of sp³-hybridized carbons (Fsp3) is 0.312. The molecule has 1 atom stereocenters. The number of benzene rings is 1. The van der Waals surface area contributed by atoms with Crippen molar-refractivity contribution < 1.29 is 4.79 Å². The Bertz CT molecular complexity index is 903. The Kier molecular flexibility index (Phi) is 4.44. The first-order valence-corrected chi connectivity index (χ1v) is 8.09. The molecule has 1 aromatic heterocycles. The van der Waals surface area contributed by atoms with Crippen molar-refractivity contribution >= 4 is 23.4 Å². The zero-order valence-corrected chi connectivity index (χ0v) is 13.8. The van der Waals surface area contributed by atoms with Crippen molar-refractivity contribution in [2.24, 2.45) is 0 Å². The van der Waals surface area contributed by atoms with Crippen LogP contribution in [0.5, 0.6) is 0 Å². The first kappa shape index (κ1) is 16.3. The molecule has 8 heteroatoms. The predicted octanol–water partition coefficient (Wildman–Crippen LogP) is 2.21. The van der Waals surface area contributed by atoms with E-state index < -0.39 is 23.3 Å². The van der Waals surface area contributed by atoms with Crippen molar-refractivity contribution in [2.45, 2.75) is 32.4 Å². The Balaban J connectivity index is 2.23. The first-order chi connectivity index (χ1) is 11.5. The number of nitrogens with one attached hydrogen (secondary N) is 3. The summed E-state index contributed by atoms with van der Waals surface area (Å²) in [5.74, 6) is 0.228. The highest BCUT2D eigenvalue weighted by molar-refractivity contribution is 6.31. The number of hydrogen-bond acceptors (Lipinski definition) is 3. The molecule has 0 unspecified atom stereocenters. The van der Waals surface area contributed by atoms with Crippen LogP contribution in [0.3, 0.4) is 0 Å². The number of nitrogens with zero attached hydrogens (tertiary/aromatic N) is 1. The number of rotatable bonds is 4. The van der Waals surface area contributed by atoms with Gasteiger partial charge in [-0.15, -0.1) is 0 Å². The minimum Gasteiger partial charge on any atom is -0.327 e. The maximum absolute atomic E-state index is 12.4. The van der Waals surface area contributed by atoms with E-state index in [2.05, 4.69) is 15.6 Å². The van der Waals surface area contributed by atoms with Gasteiger partial charge in [0.15, 0.2) is 0 Å². The third-order valence-electron chi connectivity index (χ3n) is 3.98. The van der Waals surface area contributed by atoms with Crippen LogP contribution in [-0.2, 0) is 6.54 Å². The molecule has 0 saturated heterocycles. The van der Waals surface area contributed by atoms with E-state index >= 15 is 0 Å². The van der Waals surface area contributed by atoms with E-state index in [0.29, 0.717) is 17.1 Å². The van der Waals surface area contributed by atoms with E-state index in [0.717, 1.165) is 12.8 Å². The maximum Gasteiger partial charge on any atom is 0.329 e. The van der Waals surface area contributed by atoms with Gasteiger partial charge in [-0.05, 0) is 18.1 Å². The summed E-state index contributed by atoms with van der Waals surface area (Å²) in [5.41, 5.74) is -0.202. The second kappa shape index (κ2) is 6.52. The molecule has 126 valence electrons. The minimum absolute atomic E-state index is 0.228. The molecule has 1 aromatic carbocycles. The molecule has 3 rings (SSSR count). The highest BCUT2D eigenvalue weighted by Gasteiger charge is 2.32. The van der Waals surface area contributed by atoms with Crippen molar-refractivity contribution in [1.82, 2.24) is 14.9 Å². The van der Waals surface area contributed by atoms with Crippen LogP contribution in [0.15, 0.2) is 33.9 Å². The van der Waals surface area contributed by atoms with Gasteiger partial charge in [0.05, 0.1) is 11.6 Å². The lowest BCUT2D eigenvalue weighted by Crippen LogP contribution is -2.46. The van der Waals surface area contributed by atoms with Gasteiger partial charge in [0.2, 0.25) is 0 Å². The summed E-state index contributed by atoms with van der Waals surface area (Å²) in [4.78, 5) is 39.0. The minimum atomic E-state index is -0.723. The van der Waals surface area contributed by atoms with E-state index in [9.17, 15) is 14.4 Å². The molecule has 1 aliphatic heterocycles. The summed E-state index contributed by atoms with van der Waals surface area (Å²) in [6, 6.07) is 5.76. The van der Waals surface area contributed by atoms with Crippen LogP contribution >= 0.6 is 11.6 Å². The second-order valence-corrected chi connectivity index (χ2v) is 5.99. The Hall–Kier alpha value is -2.54. The van der Waals surface area contributed by atoms with Crippen molar-refractivity contribution in [3.63, 3.8) is 0 Å². The van der Waals surface area contributed by atoms with Crippen molar-refractivity contribution in [3.8, 4) is 0 Å². The maximum atomic E-state index is 12.4. The summed E-state index contributed by atoms with van der Waals surface area (Å²) in [6.45, 7) is 2.40. The van der Waals surface area contributed by atoms with E-state index in [1.165, 1.54) is 4.57 Å². The molecule has 2 amide bonds. The zero-order valence-electron chi connectivity index (χ0n) is 13.1. The molecule has 7 nitrogen and oxygen atoms in total. The number of anilines is 1. The van der Waals surface area contributed by atoms with Crippen LogP contribution in [0.25, 0.3) is 0 Å². The highest BCUT2D eigenvalue weighted by atomic mass is 35.5. The Morgan fingerprint density at radius 3 is 2.67 bits per heavy atom. The number of aromatic amines is 1. The summed E-state index contributed by atoms with van der Waals surface area (Å²) < 4.78 is 1.39. The number of unbranched alkanes of at least 4 members (excludes halogenated alkanes) is 1. The van der Waals surface area contributed by atoms with Gasteiger partial charge < -0.3 is 5.32 Å². The average molecular weight is 349 g/mol. The molecule has 0 spiro atoms. The number of carbonyl (C=O) groups excluding carboxylic acids is 1. The lowest BCUT2D eigenvalue weighted by molar-refractivity contribution is 0.248.